The molecule has 2 aromatic heterocycles. The summed E-state index contributed by atoms with van der Waals surface area (Å²) < 4.78 is 5.76. The Morgan fingerprint density at radius 2 is 1.28 bits per heavy atom. The van der Waals surface area contributed by atoms with E-state index in [4.69, 9.17) is 4.74 Å². The number of nitrogens with zero attached hydrogens (tertiary/aromatic N) is 3. The second-order valence-electron chi connectivity index (χ2n) is 7.91. The Hall–Kier alpha value is -1.97. The molecule has 0 aliphatic carbocycles. The minimum atomic E-state index is 0.704. The summed E-state index contributed by atoms with van der Waals surface area (Å²) in [6, 6.07) is 4.18. The zero-order valence-corrected chi connectivity index (χ0v) is 18.5. The number of hydrogen-bond acceptors (Lipinski definition) is 4. The molecule has 2 rings (SSSR count). The van der Waals surface area contributed by atoms with Gasteiger partial charge in [-0.1, -0.05) is 78.1 Å². The minimum absolute atomic E-state index is 0.704. The highest BCUT2D eigenvalue weighted by atomic mass is 16.5. The molecule has 29 heavy (non-hydrogen) atoms. The van der Waals surface area contributed by atoms with E-state index in [2.05, 4.69) is 40.9 Å². The van der Waals surface area contributed by atoms with Crippen molar-refractivity contribution in [2.75, 3.05) is 6.61 Å². The SMILES string of the molecule is CCCCCCCCOc1cnc(-c2ccc(CCCCCCCC)nc2)nc1. The number of aryl methyl sites for hydroxylation is 1. The van der Waals surface area contributed by atoms with Gasteiger partial charge in [0, 0.05) is 17.5 Å². The molecular weight excluding hydrogens is 358 g/mol. The molecule has 0 atom stereocenters. The third-order valence-electron chi connectivity index (χ3n) is 5.26. The fourth-order valence-corrected chi connectivity index (χ4v) is 3.40. The Morgan fingerprint density at radius 3 is 1.90 bits per heavy atom. The van der Waals surface area contributed by atoms with E-state index >= 15 is 0 Å². The van der Waals surface area contributed by atoms with Crippen molar-refractivity contribution in [1.29, 1.82) is 0 Å². The first-order valence-corrected chi connectivity index (χ1v) is 11.7. The highest BCUT2D eigenvalue weighted by molar-refractivity contribution is 5.53. The summed E-state index contributed by atoms with van der Waals surface area (Å²) >= 11 is 0. The topological polar surface area (TPSA) is 47.9 Å². The van der Waals surface area contributed by atoms with Gasteiger partial charge in [-0.2, -0.15) is 0 Å². The van der Waals surface area contributed by atoms with E-state index in [1.54, 1.807) is 12.4 Å². The van der Waals surface area contributed by atoms with Crippen molar-refractivity contribution in [2.45, 2.75) is 97.3 Å². The Balaban J connectivity index is 1.68. The van der Waals surface area contributed by atoms with Gasteiger partial charge in [0.25, 0.3) is 0 Å². The van der Waals surface area contributed by atoms with E-state index in [1.807, 2.05) is 6.20 Å². The van der Waals surface area contributed by atoms with Gasteiger partial charge in [0.15, 0.2) is 11.6 Å². The number of ether oxygens (including phenoxy) is 1. The maximum absolute atomic E-state index is 5.76. The number of hydrogen-bond donors (Lipinski definition) is 0. The third-order valence-corrected chi connectivity index (χ3v) is 5.26. The monoisotopic (exact) mass is 397 g/mol. The van der Waals surface area contributed by atoms with Crippen molar-refractivity contribution in [3.63, 3.8) is 0 Å². The maximum Gasteiger partial charge on any atom is 0.160 e. The van der Waals surface area contributed by atoms with E-state index in [9.17, 15) is 0 Å². The summed E-state index contributed by atoms with van der Waals surface area (Å²) in [5.74, 6) is 1.45. The average Bonchev–Trinajstić information content (AvgIpc) is 2.76. The first-order chi connectivity index (χ1) is 14.3. The predicted molar refractivity (Wildman–Crippen MR) is 121 cm³/mol. The molecule has 0 spiro atoms. The quantitative estimate of drug-likeness (QED) is 0.281. The largest absolute Gasteiger partial charge is 0.490 e. The molecule has 0 amide bonds. The zero-order valence-electron chi connectivity index (χ0n) is 18.5. The molecule has 0 aliphatic rings. The lowest BCUT2D eigenvalue weighted by molar-refractivity contribution is 0.302. The first kappa shape index (κ1) is 23.3. The van der Waals surface area contributed by atoms with Crippen LogP contribution in [0.5, 0.6) is 5.75 Å². The lowest BCUT2D eigenvalue weighted by atomic mass is 10.1. The van der Waals surface area contributed by atoms with Crippen LogP contribution in [0, 0.1) is 0 Å². The average molecular weight is 398 g/mol. The molecule has 0 aliphatic heterocycles. The molecule has 4 nitrogen and oxygen atoms in total. The minimum Gasteiger partial charge on any atom is -0.490 e. The van der Waals surface area contributed by atoms with Crippen LogP contribution in [0.2, 0.25) is 0 Å². The molecular formula is C25H39N3O. The molecule has 0 aromatic carbocycles. The number of unbranched alkanes of at least 4 members (excludes halogenated alkanes) is 10. The van der Waals surface area contributed by atoms with Crippen molar-refractivity contribution in [1.82, 2.24) is 15.0 Å². The molecule has 4 heteroatoms. The van der Waals surface area contributed by atoms with Crippen LogP contribution in [0.25, 0.3) is 11.4 Å². The van der Waals surface area contributed by atoms with Crippen molar-refractivity contribution < 1.29 is 4.74 Å². The van der Waals surface area contributed by atoms with E-state index < -0.39 is 0 Å². The van der Waals surface area contributed by atoms with E-state index in [1.165, 1.54) is 70.6 Å². The van der Waals surface area contributed by atoms with Crippen LogP contribution in [0.15, 0.2) is 30.7 Å². The summed E-state index contributed by atoms with van der Waals surface area (Å²) in [4.78, 5) is 13.5. The second kappa shape index (κ2) is 14.9. The van der Waals surface area contributed by atoms with Crippen LogP contribution in [-0.2, 0) is 6.42 Å². The van der Waals surface area contributed by atoms with Crippen molar-refractivity contribution >= 4 is 0 Å². The van der Waals surface area contributed by atoms with Crippen LogP contribution in [0.4, 0.5) is 0 Å². The van der Waals surface area contributed by atoms with E-state index in [0.717, 1.165) is 36.5 Å². The summed E-state index contributed by atoms with van der Waals surface area (Å²) in [5.41, 5.74) is 2.11. The fourth-order valence-electron chi connectivity index (χ4n) is 3.40. The maximum atomic E-state index is 5.76. The second-order valence-corrected chi connectivity index (χ2v) is 7.91. The van der Waals surface area contributed by atoms with Crippen molar-refractivity contribution in [3.8, 4) is 17.1 Å². The lowest BCUT2D eigenvalue weighted by Crippen LogP contribution is -1.99. The third kappa shape index (κ3) is 9.87. The van der Waals surface area contributed by atoms with Gasteiger partial charge in [-0.05, 0) is 31.4 Å². The highest BCUT2D eigenvalue weighted by Gasteiger charge is 2.04. The number of rotatable bonds is 16. The zero-order chi connectivity index (χ0) is 20.6. The molecule has 0 unspecified atom stereocenters. The van der Waals surface area contributed by atoms with Crippen LogP contribution < -0.4 is 4.74 Å². The molecule has 0 saturated carbocycles. The molecule has 2 aromatic rings. The normalized spacial score (nSPS) is 11.0. The Kier molecular flexibility index (Phi) is 12.0. The molecule has 2 heterocycles. The standard InChI is InChI=1S/C25H39N3O/c1-3-5-7-9-11-13-15-23-17-16-22(19-26-23)25-27-20-24(21-28-25)29-18-14-12-10-8-6-4-2/h16-17,19-21H,3-15,18H2,1-2H3. The van der Waals surface area contributed by atoms with Crippen molar-refractivity contribution in [3.05, 3.63) is 36.4 Å². The van der Waals surface area contributed by atoms with Crippen LogP contribution >= 0.6 is 0 Å². The van der Waals surface area contributed by atoms with E-state index in [-0.39, 0.29) is 0 Å². The molecule has 0 fully saturated rings. The van der Waals surface area contributed by atoms with E-state index in [0.29, 0.717) is 5.82 Å². The smallest absolute Gasteiger partial charge is 0.160 e. The highest BCUT2D eigenvalue weighted by Crippen LogP contribution is 2.17. The summed E-state index contributed by atoms with van der Waals surface area (Å²) in [6.45, 7) is 5.24. The van der Waals surface area contributed by atoms with Gasteiger partial charge in [0.1, 0.15) is 0 Å². The molecule has 160 valence electrons. The number of pyridine rings is 1. The molecule has 0 radical (unpaired) electrons. The lowest BCUT2D eigenvalue weighted by Gasteiger charge is -2.07. The van der Waals surface area contributed by atoms with Gasteiger partial charge in [-0.3, -0.25) is 4.98 Å². The molecule has 0 bridgehead atoms. The Morgan fingerprint density at radius 1 is 0.655 bits per heavy atom. The van der Waals surface area contributed by atoms with Crippen molar-refractivity contribution in [2.24, 2.45) is 0 Å². The van der Waals surface area contributed by atoms with Gasteiger partial charge < -0.3 is 4.74 Å². The number of aromatic nitrogens is 3. The van der Waals surface area contributed by atoms with Crippen LogP contribution in [0.1, 0.15) is 96.6 Å². The molecule has 0 saturated heterocycles. The van der Waals surface area contributed by atoms with Gasteiger partial charge in [0.2, 0.25) is 0 Å². The first-order valence-electron chi connectivity index (χ1n) is 11.7. The predicted octanol–water partition coefficient (Wildman–Crippen LogP) is 7.18. The Labute approximate surface area is 177 Å². The summed E-state index contributed by atoms with van der Waals surface area (Å²) in [7, 11) is 0. The fraction of sp³-hybridized carbons (Fsp3) is 0.640. The molecule has 0 N–H and O–H groups in total. The summed E-state index contributed by atoms with van der Waals surface area (Å²) in [5, 5.41) is 0. The van der Waals surface area contributed by atoms with Gasteiger partial charge >= 0.3 is 0 Å². The van der Waals surface area contributed by atoms with Gasteiger partial charge in [-0.25, -0.2) is 9.97 Å². The van der Waals surface area contributed by atoms with Crippen LogP contribution in [0.3, 0.4) is 0 Å². The van der Waals surface area contributed by atoms with Gasteiger partial charge in [-0.15, -0.1) is 0 Å². The summed E-state index contributed by atoms with van der Waals surface area (Å²) in [6.07, 6.45) is 21.9. The Bertz CT molecular complexity index is 640. The van der Waals surface area contributed by atoms with Gasteiger partial charge in [0.05, 0.1) is 19.0 Å². The van der Waals surface area contributed by atoms with Crippen LogP contribution in [-0.4, -0.2) is 21.6 Å².